The number of aromatic nitrogens is 3. The van der Waals surface area contributed by atoms with Crippen molar-refractivity contribution in [3.8, 4) is 0 Å². The molecule has 3 saturated carbocycles. The second-order valence-electron chi connectivity index (χ2n) is 17.4. The van der Waals surface area contributed by atoms with Crippen LogP contribution < -0.4 is 10.4 Å². The van der Waals surface area contributed by atoms with Crippen LogP contribution in [0.3, 0.4) is 0 Å². The molecule has 0 spiro atoms. The Kier molecular flexibility index (Phi) is 8.39. The second kappa shape index (κ2) is 12.5. The van der Waals surface area contributed by atoms with Crippen LogP contribution in [0.25, 0.3) is 0 Å². The maximum absolute atomic E-state index is 7.72. The molecule has 0 saturated heterocycles. The Balaban J connectivity index is 1.03. The van der Waals surface area contributed by atoms with Crippen molar-refractivity contribution >= 4 is 18.7 Å². The van der Waals surface area contributed by atoms with Crippen LogP contribution in [-0.4, -0.2) is 29.4 Å². The summed E-state index contributed by atoms with van der Waals surface area (Å²) in [4.78, 5) is 0. The summed E-state index contributed by atoms with van der Waals surface area (Å²) < 4.78 is 9.77. The summed E-state index contributed by atoms with van der Waals surface area (Å²) >= 11 is 0. The number of allylic oxidation sites excluding steroid dienone is 1. The Morgan fingerprint density at radius 1 is 0.796 bits per heavy atom. The lowest BCUT2D eigenvalue weighted by molar-refractivity contribution is -0.0399. The average molecular weight is 670 g/mol. The molecule has 49 heavy (non-hydrogen) atoms. The molecule has 4 aliphatic rings. The molecule has 3 fully saturated rings. The highest BCUT2D eigenvalue weighted by Gasteiger charge is 2.60. The van der Waals surface area contributed by atoms with Gasteiger partial charge in [-0.2, -0.15) is 0 Å². The van der Waals surface area contributed by atoms with Crippen molar-refractivity contribution in [3.05, 3.63) is 120 Å². The van der Waals surface area contributed by atoms with Crippen LogP contribution in [-0.2, 0) is 11.0 Å². The second-order valence-corrected chi connectivity index (χ2v) is 21.7. The van der Waals surface area contributed by atoms with Crippen LogP contribution in [0.5, 0.6) is 0 Å². The highest BCUT2D eigenvalue weighted by atomic mass is 28.4. The van der Waals surface area contributed by atoms with Gasteiger partial charge in [0, 0.05) is 18.2 Å². The zero-order valence-electron chi connectivity index (χ0n) is 30.3. The summed E-state index contributed by atoms with van der Waals surface area (Å²) in [6, 6.07) is 33.1. The van der Waals surface area contributed by atoms with Gasteiger partial charge in [-0.1, -0.05) is 142 Å². The lowest BCUT2D eigenvalue weighted by Gasteiger charge is -2.58. The minimum atomic E-state index is -2.58. The molecule has 0 amide bonds. The van der Waals surface area contributed by atoms with Crippen molar-refractivity contribution in [1.29, 1.82) is 0 Å². The standard InChI is InChI=1S/C44H55N3OSi/c1-42(2,3)49(35-17-11-7-12-18-35,36-19-13-8-14-20-36)48-34-25-27-43(4)33(29-34)21-22-37-38-23-24-40(44(38,5)28-26-39(37)43)41-31-47(46-45-41)30-32-15-9-6-10-16-32/h6-21,31,34,37-40H,22-30H2,1-5H3/t34-,37?,38?,39?,40+,43-,44-/m0/s1. The molecular weight excluding hydrogens is 615 g/mol. The molecule has 4 aromatic rings. The summed E-state index contributed by atoms with van der Waals surface area (Å²) in [7, 11) is -2.58. The monoisotopic (exact) mass is 669 g/mol. The predicted octanol–water partition coefficient (Wildman–Crippen LogP) is 9.32. The first-order valence-corrected chi connectivity index (χ1v) is 20.9. The van der Waals surface area contributed by atoms with E-state index in [-0.39, 0.29) is 16.6 Å². The molecule has 7 atom stereocenters. The first kappa shape index (κ1) is 32.9. The van der Waals surface area contributed by atoms with Gasteiger partial charge in [-0.05, 0) is 101 Å². The van der Waals surface area contributed by atoms with E-state index in [1.54, 1.807) is 5.57 Å². The Morgan fingerprint density at radius 2 is 1.45 bits per heavy atom. The van der Waals surface area contributed by atoms with Crippen LogP contribution in [0.2, 0.25) is 5.04 Å². The molecule has 8 rings (SSSR count). The van der Waals surface area contributed by atoms with Crippen LogP contribution in [0.15, 0.2) is 109 Å². The quantitative estimate of drug-likeness (QED) is 0.145. The van der Waals surface area contributed by atoms with E-state index in [0.717, 1.165) is 37.1 Å². The van der Waals surface area contributed by atoms with E-state index in [1.165, 1.54) is 60.2 Å². The normalized spacial score (nSPS) is 31.4. The van der Waals surface area contributed by atoms with Crippen molar-refractivity contribution in [2.24, 2.45) is 28.6 Å². The summed E-state index contributed by atoms with van der Waals surface area (Å²) in [5, 5.41) is 12.2. The van der Waals surface area contributed by atoms with E-state index in [4.69, 9.17) is 9.52 Å². The maximum Gasteiger partial charge on any atom is 0.261 e. The number of benzene rings is 3. The summed E-state index contributed by atoms with van der Waals surface area (Å²) in [6.07, 6.45) is 15.1. The summed E-state index contributed by atoms with van der Waals surface area (Å²) in [5.41, 5.74) is 4.79. The van der Waals surface area contributed by atoms with Gasteiger partial charge in [0.2, 0.25) is 0 Å². The molecule has 1 heterocycles. The lowest BCUT2D eigenvalue weighted by Crippen LogP contribution is -2.68. The Bertz CT molecular complexity index is 1740. The number of hydrogen-bond donors (Lipinski definition) is 0. The van der Waals surface area contributed by atoms with E-state index in [9.17, 15) is 0 Å². The molecule has 0 aliphatic heterocycles. The van der Waals surface area contributed by atoms with Crippen molar-refractivity contribution in [3.63, 3.8) is 0 Å². The first-order valence-electron chi connectivity index (χ1n) is 19.0. The van der Waals surface area contributed by atoms with E-state index in [1.807, 2.05) is 0 Å². The lowest BCUT2D eigenvalue weighted by atomic mass is 9.47. The van der Waals surface area contributed by atoms with Crippen LogP contribution in [0.4, 0.5) is 0 Å². The maximum atomic E-state index is 7.72. The van der Waals surface area contributed by atoms with E-state index >= 15 is 0 Å². The minimum Gasteiger partial charge on any atom is -0.404 e. The first-order chi connectivity index (χ1) is 23.6. The van der Waals surface area contributed by atoms with E-state index in [2.05, 4.69) is 148 Å². The molecule has 4 aliphatic carbocycles. The predicted molar refractivity (Wildman–Crippen MR) is 203 cm³/mol. The Morgan fingerprint density at radius 3 is 2.10 bits per heavy atom. The number of hydrogen-bond acceptors (Lipinski definition) is 3. The third kappa shape index (κ3) is 5.51. The minimum absolute atomic E-state index is 0.00222. The van der Waals surface area contributed by atoms with Gasteiger partial charge in [0.05, 0.1) is 12.2 Å². The molecule has 3 unspecified atom stereocenters. The molecule has 5 heteroatoms. The van der Waals surface area contributed by atoms with Crippen molar-refractivity contribution < 1.29 is 4.43 Å². The molecule has 0 bridgehead atoms. The zero-order chi connectivity index (χ0) is 33.9. The van der Waals surface area contributed by atoms with E-state index in [0.29, 0.717) is 11.3 Å². The van der Waals surface area contributed by atoms with Crippen molar-refractivity contribution in [2.75, 3.05) is 0 Å². The third-order valence-electron chi connectivity index (χ3n) is 13.9. The third-order valence-corrected chi connectivity index (χ3v) is 19.0. The topological polar surface area (TPSA) is 39.9 Å². The van der Waals surface area contributed by atoms with Crippen molar-refractivity contribution in [1.82, 2.24) is 15.0 Å². The fourth-order valence-corrected chi connectivity index (χ4v) is 16.2. The SMILES string of the molecule is CC(C)(C)[Si](O[C@H]1CC[C@@]2(C)C(=CCC3C2CC[C@@]2(C)C3CC[C@@H]2c2cn(Cc3ccccc3)nn2)C1)(c1ccccc1)c1ccccc1. The van der Waals surface area contributed by atoms with Crippen molar-refractivity contribution in [2.45, 2.75) is 110 Å². The van der Waals surface area contributed by atoms with Gasteiger partial charge in [0.25, 0.3) is 8.32 Å². The van der Waals surface area contributed by atoms with E-state index < -0.39 is 8.32 Å². The van der Waals surface area contributed by atoms with Crippen LogP contribution in [0.1, 0.15) is 103 Å². The number of rotatable bonds is 7. The van der Waals surface area contributed by atoms with Gasteiger partial charge in [-0.25, -0.2) is 4.68 Å². The zero-order valence-corrected chi connectivity index (χ0v) is 31.3. The van der Waals surface area contributed by atoms with Gasteiger partial charge in [0.1, 0.15) is 0 Å². The number of nitrogens with zero attached hydrogens (tertiary/aromatic N) is 3. The van der Waals surface area contributed by atoms with Gasteiger partial charge in [-0.3, -0.25) is 0 Å². The highest BCUT2D eigenvalue weighted by Crippen LogP contribution is 2.68. The molecule has 0 N–H and O–H groups in total. The van der Waals surface area contributed by atoms with Crippen LogP contribution in [0, 0.1) is 28.6 Å². The smallest absolute Gasteiger partial charge is 0.261 e. The van der Waals surface area contributed by atoms with Gasteiger partial charge in [-0.15, -0.1) is 5.10 Å². The summed E-state index contributed by atoms with van der Waals surface area (Å²) in [5.74, 6) is 2.81. The molecule has 4 nitrogen and oxygen atoms in total. The molecule has 256 valence electrons. The summed E-state index contributed by atoms with van der Waals surface area (Å²) in [6.45, 7) is 13.3. The largest absolute Gasteiger partial charge is 0.404 e. The Labute approximate surface area is 295 Å². The number of fused-ring (bicyclic) bond motifs is 5. The van der Waals surface area contributed by atoms with Gasteiger partial charge in [0.15, 0.2) is 0 Å². The van der Waals surface area contributed by atoms with Gasteiger partial charge >= 0.3 is 0 Å². The molecular formula is C44H55N3OSi. The molecule has 1 aromatic heterocycles. The van der Waals surface area contributed by atoms with Crippen LogP contribution >= 0.6 is 0 Å². The molecule has 0 radical (unpaired) electrons. The van der Waals surface area contributed by atoms with Gasteiger partial charge < -0.3 is 4.43 Å². The highest BCUT2D eigenvalue weighted by molar-refractivity contribution is 6.99. The molecule has 3 aromatic carbocycles. The Hall–Kier alpha value is -3.28. The fraction of sp³-hybridized carbons (Fsp3) is 0.500. The fourth-order valence-electron chi connectivity index (χ4n) is 11.5. The average Bonchev–Trinajstić information content (AvgIpc) is 3.71.